The Kier molecular flexibility index (Phi) is 3.84. The maximum Gasteiger partial charge on any atom is 0.143 e. The van der Waals surface area contributed by atoms with Gasteiger partial charge in [-0.2, -0.15) is 0 Å². The number of carbonyl (C=O) groups is 1. The molecule has 0 spiro atoms. The molecule has 1 aliphatic carbocycles. The molecule has 18 heavy (non-hydrogen) atoms. The molecule has 0 radical (unpaired) electrons. The molecule has 1 fully saturated rings. The molecule has 0 saturated heterocycles. The molecule has 2 heteroatoms. The van der Waals surface area contributed by atoms with Gasteiger partial charge in [0, 0.05) is 11.8 Å². The predicted octanol–water partition coefficient (Wildman–Crippen LogP) is 4.22. The van der Waals surface area contributed by atoms with Gasteiger partial charge < -0.3 is 0 Å². The van der Waals surface area contributed by atoms with Gasteiger partial charge in [0.2, 0.25) is 0 Å². The molecule has 1 aromatic rings. The molecule has 0 N–H and O–H groups in total. The SMILES string of the molecule is CCC1(C(=O)Cc2ccc(F)cc2C)CCCC1. The van der Waals surface area contributed by atoms with Crippen molar-refractivity contribution in [2.75, 3.05) is 0 Å². The highest BCUT2D eigenvalue weighted by molar-refractivity contribution is 5.87. The molecule has 0 heterocycles. The highest BCUT2D eigenvalue weighted by atomic mass is 19.1. The van der Waals surface area contributed by atoms with Gasteiger partial charge in [-0.3, -0.25) is 4.79 Å². The average molecular weight is 248 g/mol. The van der Waals surface area contributed by atoms with Crippen molar-refractivity contribution in [1.29, 1.82) is 0 Å². The molecule has 1 aromatic carbocycles. The van der Waals surface area contributed by atoms with Gasteiger partial charge in [-0.1, -0.05) is 25.8 Å². The van der Waals surface area contributed by atoms with Crippen LogP contribution in [0.2, 0.25) is 0 Å². The third-order valence-electron chi connectivity index (χ3n) is 4.48. The van der Waals surface area contributed by atoms with E-state index in [1.54, 1.807) is 6.07 Å². The fourth-order valence-corrected chi connectivity index (χ4v) is 3.10. The second-order valence-electron chi connectivity index (χ2n) is 5.51. The lowest BCUT2D eigenvalue weighted by Gasteiger charge is -2.26. The molecule has 0 atom stereocenters. The number of benzene rings is 1. The van der Waals surface area contributed by atoms with E-state index < -0.39 is 0 Å². The van der Waals surface area contributed by atoms with Gasteiger partial charge in [-0.25, -0.2) is 4.39 Å². The van der Waals surface area contributed by atoms with Crippen LogP contribution in [0.4, 0.5) is 4.39 Å². The van der Waals surface area contributed by atoms with Crippen molar-refractivity contribution < 1.29 is 9.18 Å². The normalized spacial score (nSPS) is 17.9. The van der Waals surface area contributed by atoms with E-state index in [4.69, 9.17) is 0 Å². The van der Waals surface area contributed by atoms with Crippen molar-refractivity contribution in [2.24, 2.45) is 5.41 Å². The van der Waals surface area contributed by atoms with Crippen LogP contribution in [0.3, 0.4) is 0 Å². The van der Waals surface area contributed by atoms with E-state index in [1.807, 2.05) is 6.92 Å². The molecule has 98 valence electrons. The summed E-state index contributed by atoms with van der Waals surface area (Å²) in [6.07, 6.45) is 5.79. The molecule has 0 unspecified atom stereocenters. The zero-order valence-electron chi connectivity index (χ0n) is 11.3. The molecule has 1 aliphatic rings. The summed E-state index contributed by atoms with van der Waals surface area (Å²) < 4.78 is 13.0. The topological polar surface area (TPSA) is 17.1 Å². The zero-order valence-corrected chi connectivity index (χ0v) is 11.3. The minimum Gasteiger partial charge on any atom is -0.299 e. The Morgan fingerprint density at radius 1 is 1.33 bits per heavy atom. The summed E-state index contributed by atoms with van der Waals surface area (Å²) in [4.78, 5) is 12.5. The van der Waals surface area contributed by atoms with Crippen LogP contribution in [-0.4, -0.2) is 5.78 Å². The molecular weight excluding hydrogens is 227 g/mol. The van der Waals surface area contributed by atoms with Crippen LogP contribution in [0, 0.1) is 18.2 Å². The van der Waals surface area contributed by atoms with Crippen LogP contribution in [0.1, 0.15) is 50.2 Å². The molecule has 0 aliphatic heterocycles. The average Bonchev–Trinajstić information content (AvgIpc) is 2.82. The number of hydrogen-bond donors (Lipinski definition) is 0. The van der Waals surface area contributed by atoms with E-state index >= 15 is 0 Å². The number of Topliss-reactive ketones (excluding diaryl/α,β-unsaturated/α-hetero) is 1. The van der Waals surface area contributed by atoms with E-state index in [2.05, 4.69) is 6.92 Å². The zero-order chi connectivity index (χ0) is 13.2. The lowest BCUT2D eigenvalue weighted by molar-refractivity contribution is -0.128. The van der Waals surface area contributed by atoms with Crippen LogP contribution < -0.4 is 0 Å². The Morgan fingerprint density at radius 2 is 2.00 bits per heavy atom. The monoisotopic (exact) mass is 248 g/mol. The van der Waals surface area contributed by atoms with Gasteiger partial charge in [-0.05, 0) is 49.4 Å². The number of hydrogen-bond acceptors (Lipinski definition) is 1. The Balaban J connectivity index is 2.15. The van der Waals surface area contributed by atoms with Crippen LogP contribution in [0.5, 0.6) is 0 Å². The number of ketones is 1. The molecule has 1 nitrogen and oxygen atoms in total. The fraction of sp³-hybridized carbons (Fsp3) is 0.562. The van der Waals surface area contributed by atoms with Crippen molar-refractivity contribution >= 4 is 5.78 Å². The predicted molar refractivity (Wildman–Crippen MR) is 71.0 cm³/mol. The van der Waals surface area contributed by atoms with Crippen molar-refractivity contribution in [1.82, 2.24) is 0 Å². The van der Waals surface area contributed by atoms with Crippen molar-refractivity contribution in [3.8, 4) is 0 Å². The van der Waals surface area contributed by atoms with Crippen LogP contribution in [0.15, 0.2) is 18.2 Å². The van der Waals surface area contributed by atoms with Gasteiger partial charge in [-0.15, -0.1) is 0 Å². The second-order valence-corrected chi connectivity index (χ2v) is 5.51. The standard InChI is InChI=1S/C16H21FO/c1-3-16(8-4-5-9-16)15(18)11-13-6-7-14(17)10-12(13)2/h6-7,10H,3-5,8-9,11H2,1-2H3. The van der Waals surface area contributed by atoms with Crippen LogP contribution in [0.25, 0.3) is 0 Å². The molecule has 2 rings (SSSR count). The lowest BCUT2D eigenvalue weighted by atomic mass is 9.77. The van der Waals surface area contributed by atoms with E-state index in [9.17, 15) is 9.18 Å². The number of halogens is 1. The largest absolute Gasteiger partial charge is 0.299 e. The Morgan fingerprint density at radius 3 is 2.56 bits per heavy atom. The maximum atomic E-state index is 13.0. The maximum absolute atomic E-state index is 13.0. The first kappa shape index (κ1) is 13.3. The summed E-state index contributed by atoms with van der Waals surface area (Å²) in [6, 6.07) is 4.71. The summed E-state index contributed by atoms with van der Waals surface area (Å²) in [7, 11) is 0. The third-order valence-corrected chi connectivity index (χ3v) is 4.48. The molecule has 0 amide bonds. The summed E-state index contributed by atoms with van der Waals surface area (Å²) in [5.41, 5.74) is 1.76. The highest BCUT2D eigenvalue weighted by Gasteiger charge is 2.38. The Hall–Kier alpha value is -1.18. The highest BCUT2D eigenvalue weighted by Crippen LogP contribution is 2.42. The van der Waals surface area contributed by atoms with Crippen molar-refractivity contribution in [2.45, 2.75) is 52.4 Å². The van der Waals surface area contributed by atoms with E-state index in [1.165, 1.54) is 25.0 Å². The smallest absolute Gasteiger partial charge is 0.143 e. The fourth-order valence-electron chi connectivity index (χ4n) is 3.10. The second kappa shape index (κ2) is 5.21. The van der Waals surface area contributed by atoms with Gasteiger partial charge in [0.15, 0.2) is 0 Å². The Labute approximate surface area is 108 Å². The van der Waals surface area contributed by atoms with Gasteiger partial charge in [0.1, 0.15) is 11.6 Å². The van der Waals surface area contributed by atoms with Crippen LogP contribution >= 0.6 is 0 Å². The summed E-state index contributed by atoms with van der Waals surface area (Å²) in [5.74, 6) is 0.118. The summed E-state index contributed by atoms with van der Waals surface area (Å²) >= 11 is 0. The number of aryl methyl sites for hydroxylation is 1. The van der Waals surface area contributed by atoms with E-state index in [0.717, 1.165) is 30.4 Å². The van der Waals surface area contributed by atoms with Gasteiger partial charge >= 0.3 is 0 Å². The molecule has 0 bridgehead atoms. The van der Waals surface area contributed by atoms with E-state index in [0.29, 0.717) is 12.2 Å². The number of rotatable bonds is 4. The third kappa shape index (κ3) is 2.47. The first-order chi connectivity index (χ1) is 8.57. The van der Waals surface area contributed by atoms with Gasteiger partial charge in [0.25, 0.3) is 0 Å². The van der Waals surface area contributed by atoms with Gasteiger partial charge in [0.05, 0.1) is 0 Å². The summed E-state index contributed by atoms with van der Waals surface area (Å²) in [6.45, 7) is 3.99. The lowest BCUT2D eigenvalue weighted by Crippen LogP contribution is -2.29. The molecule has 1 saturated carbocycles. The Bertz CT molecular complexity index is 444. The first-order valence-electron chi connectivity index (χ1n) is 6.86. The van der Waals surface area contributed by atoms with E-state index in [-0.39, 0.29) is 11.2 Å². The summed E-state index contributed by atoms with van der Waals surface area (Å²) in [5, 5.41) is 0. The minimum atomic E-state index is -0.227. The quantitative estimate of drug-likeness (QED) is 0.779. The van der Waals surface area contributed by atoms with Crippen molar-refractivity contribution in [3.63, 3.8) is 0 Å². The number of carbonyl (C=O) groups excluding carboxylic acids is 1. The van der Waals surface area contributed by atoms with Crippen LogP contribution in [-0.2, 0) is 11.2 Å². The molecule has 0 aromatic heterocycles. The molecular formula is C16H21FO. The minimum absolute atomic E-state index is 0.0964. The van der Waals surface area contributed by atoms with Crippen molar-refractivity contribution in [3.05, 3.63) is 35.1 Å². The first-order valence-corrected chi connectivity index (χ1v) is 6.86.